The quantitative estimate of drug-likeness (QED) is 0.353. The molecule has 0 aromatic heterocycles. The van der Waals surface area contributed by atoms with E-state index in [1.54, 1.807) is 37.3 Å². The fourth-order valence-corrected chi connectivity index (χ4v) is 3.66. The molecule has 8 heteroatoms. The Kier molecular flexibility index (Phi) is 7.68. The normalized spacial score (nSPS) is 16.2. The Hall–Kier alpha value is -3.06. The second-order valence-electron chi connectivity index (χ2n) is 7.99. The van der Waals surface area contributed by atoms with Crippen molar-refractivity contribution in [1.29, 1.82) is 5.41 Å². The zero-order valence-electron chi connectivity index (χ0n) is 17.9. The first kappa shape index (κ1) is 24.2. The second-order valence-corrected chi connectivity index (χ2v) is 7.99. The lowest BCUT2D eigenvalue weighted by Crippen LogP contribution is -2.36. The average molecular weight is 446 g/mol. The summed E-state index contributed by atoms with van der Waals surface area (Å²) in [6.45, 7) is 6.33. The zero-order chi connectivity index (χ0) is 21.9. The van der Waals surface area contributed by atoms with Gasteiger partial charge in [-0.1, -0.05) is 26.0 Å². The largest absolute Gasteiger partial charge is 0.489 e. The van der Waals surface area contributed by atoms with Gasteiger partial charge < -0.3 is 20.5 Å². The van der Waals surface area contributed by atoms with E-state index in [4.69, 9.17) is 20.6 Å². The third-order valence-corrected chi connectivity index (χ3v) is 5.16. The lowest BCUT2D eigenvalue weighted by Gasteiger charge is -2.37. The van der Waals surface area contributed by atoms with Gasteiger partial charge in [0.2, 0.25) is 0 Å². The van der Waals surface area contributed by atoms with Crippen LogP contribution in [0, 0.1) is 5.41 Å². The first-order valence-electron chi connectivity index (χ1n) is 9.92. The SMILES string of the molecule is CCOC(=O)CC1CC(C)(C)c2cc(NC(=O)c3ccc(C(=N)N)cc3)ccc2O1.Cl. The van der Waals surface area contributed by atoms with E-state index in [1.807, 2.05) is 12.1 Å². The molecule has 2 aromatic rings. The number of amidine groups is 1. The van der Waals surface area contributed by atoms with E-state index in [2.05, 4.69) is 19.2 Å². The van der Waals surface area contributed by atoms with Crippen LogP contribution >= 0.6 is 12.4 Å². The first-order chi connectivity index (χ1) is 14.2. The van der Waals surface area contributed by atoms with Gasteiger partial charge in [0.1, 0.15) is 17.7 Å². The van der Waals surface area contributed by atoms with Crippen LogP contribution in [0.2, 0.25) is 0 Å². The molecule has 1 aliphatic heterocycles. The Balaban J connectivity index is 0.00000341. The highest BCUT2D eigenvalue weighted by Gasteiger charge is 2.35. The van der Waals surface area contributed by atoms with Gasteiger partial charge in [0, 0.05) is 22.4 Å². The van der Waals surface area contributed by atoms with Gasteiger partial charge >= 0.3 is 5.97 Å². The maximum absolute atomic E-state index is 12.6. The minimum atomic E-state index is -0.263. The molecule has 1 aliphatic rings. The molecular formula is C23H28ClN3O4. The van der Waals surface area contributed by atoms with E-state index in [0.717, 1.165) is 5.56 Å². The van der Waals surface area contributed by atoms with Gasteiger partial charge in [-0.25, -0.2) is 0 Å². The lowest BCUT2D eigenvalue weighted by atomic mass is 9.76. The van der Waals surface area contributed by atoms with E-state index in [1.165, 1.54) is 0 Å². The van der Waals surface area contributed by atoms with Crippen molar-refractivity contribution in [1.82, 2.24) is 0 Å². The first-order valence-corrected chi connectivity index (χ1v) is 9.92. The number of anilines is 1. The summed E-state index contributed by atoms with van der Waals surface area (Å²) in [6, 6.07) is 12.1. The number of esters is 1. The van der Waals surface area contributed by atoms with Crippen molar-refractivity contribution in [2.75, 3.05) is 11.9 Å². The topological polar surface area (TPSA) is 114 Å². The van der Waals surface area contributed by atoms with E-state index in [0.29, 0.717) is 35.6 Å². The zero-order valence-corrected chi connectivity index (χ0v) is 18.7. The van der Waals surface area contributed by atoms with Crippen molar-refractivity contribution in [2.24, 2.45) is 5.73 Å². The highest BCUT2D eigenvalue weighted by atomic mass is 35.5. The minimum Gasteiger partial charge on any atom is -0.489 e. The maximum atomic E-state index is 12.6. The van der Waals surface area contributed by atoms with Gasteiger partial charge in [0.15, 0.2) is 0 Å². The number of carbonyl (C=O) groups is 2. The number of carbonyl (C=O) groups excluding carboxylic acids is 2. The Labute approximate surface area is 188 Å². The summed E-state index contributed by atoms with van der Waals surface area (Å²) in [7, 11) is 0. The minimum absolute atomic E-state index is 0. The van der Waals surface area contributed by atoms with E-state index >= 15 is 0 Å². The second kappa shape index (κ2) is 9.83. The molecule has 0 fully saturated rings. The van der Waals surface area contributed by atoms with Crippen molar-refractivity contribution < 1.29 is 19.1 Å². The van der Waals surface area contributed by atoms with Crippen LogP contribution in [0.5, 0.6) is 5.75 Å². The molecule has 166 valence electrons. The summed E-state index contributed by atoms with van der Waals surface area (Å²) < 4.78 is 11.1. The molecule has 1 amide bonds. The molecular weight excluding hydrogens is 418 g/mol. The number of amides is 1. The van der Waals surface area contributed by atoms with Gasteiger partial charge in [-0.3, -0.25) is 15.0 Å². The molecule has 0 spiro atoms. The van der Waals surface area contributed by atoms with Crippen molar-refractivity contribution in [2.45, 2.75) is 45.1 Å². The molecule has 1 unspecified atom stereocenters. The van der Waals surface area contributed by atoms with Crippen LogP contribution in [0.4, 0.5) is 5.69 Å². The highest BCUT2D eigenvalue weighted by molar-refractivity contribution is 6.05. The summed E-state index contributed by atoms with van der Waals surface area (Å²) in [5.41, 5.74) is 7.90. The number of ether oxygens (including phenoxy) is 2. The van der Waals surface area contributed by atoms with Crippen LogP contribution in [0.1, 0.15) is 55.1 Å². The lowest BCUT2D eigenvalue weighted by molar-refractivity contribution is -0.145. The molecule has 4 N–H and O–H groups in total. The van der Waals surface area contributed by atoms with Crippen LogP contribution in [-0.4, -0.2) is 30.4 Å². The Morgan fingerprint density at radius 1 is 1.19 bits per heavy atom. The number of fused-ring (bicyclic) bond motifs is 1. The summed E-state index contributed by atoms with van der Waals surface area (Å²) in [5.74, 6) is 0.158. The third-order valence-electron chi connectivity index (χ3n) is 5.16. The standard InChI is InChI=1S/C23H27N3O4.ClH/c1-4-29-20(27)12-17-13-23(2,3)18-11-16(9-10-19(18)30-17)26-22(28)15-7-5-14(6-8-15)21(24)25;/h5-11,17H,4,12-13H2,1-3H3,(H3,24,25)(H,26,28);1H. The van der Waals surface area contributed by atoms with Crippen molar-refractivity contribution in [3.63, 3.8) is 0 Å². The third kappa shape index (κ3) is 5.76. The maximum Gasteiger partial charge on any atom is 0.309 e. The molecule has 0 bridgehead atoms. The molecule has 1 atom stereocenters. The summed E-state index contributed by atoms with van der Waals surface area (Å²) in [6.07, 6.45) is 0.639. The summed E-state index contributed by atoms with van der Waals surface area (Å²) in [5, 5.41) is 10.3. The molecule has 0 saturated carbocycles. The smallest absolute Gasteiger partial charge is 0.309 e. The number of hydrogen-bond donors (Lipinski definition) is 3. The molecule has 31 heavy (non-hydrogen) atoms. The molecule has 0 aliphatic carbocycles. The average Bonchev–Trinajstić information content (AvgIpc) is 2.68. The fourth-order valence-electron chi connectivity index (χ4n) is 3.66. The van der Waals surface area contributed by atoms with Gasteiger partial charge in [-0.2, -0.15) is 0 Å². The number of nitrogen functional groups attached to an aromatic ring is 1. The van der Waals surface area contributed by atoms with Crippen molar-refractivity contribution in [3.8, 4) is 5.75 Å². The van der Waals surface area contributed by atoms with Crippen LogP contribution in [-0.2, 0) is 14.9 Å². The van der Waals surface area contributed by atoms with E-state index in [-0.39, 0.29) is 48.1 Å². The fraction of sp³-hybridized carbons (Fsp3) is 0.348. The van der Waals surface area contributed by atoms with Crippen LogP contribution in [0.3, 0.4) is 0 Å². The Bertz CT molecular complexity index is 973. The highest BCUT2D eigenvalue weighted by Crippen LogP contribution is 2.42. The Morgan fingerprint density at radius 2 is 1.84 bits per heavy atom. The Morgan fingerprint density at radius 3 is 2.45 bits per heavy atom. The number of benzene rings is 2. The van der Waals surface area contributed by atoms with Crippen molar-refractivity contribution in [3.05, 3.63) is 59.2 Å². The molecule has 7 nitrogen and oxygen atoms in total. The predicted molar refractivity (Wildman–Crippen MR) is 122 cm³/mol. The number of halogens is 1. The van der Waals surface area contributed by atoms with Crippen LogP contribution < -0.4 is 15.8 Å². The number of nitrogens with two attached hydrogens (primary N) is 1. The molecule has 3 rings (SSSR count). The van der Waals surface area contributed by atoms with E-state index < -0.39 is 0 Å². The van der Waals surface area contributed by atoms with Crippen LogP contribution in [0.25, 0.3) is 0 Å². The summed E-state index contributed by atoms with van der Waals surface area (Å²) in [4.78, 5) is 24.4. The van der Waals surface area contributed by atoms with Gasteiger partial charge in [0.05, 0.1) is 13.0 Å². The molecule has 0 radical (unpaired) electrons. The van der Waals surface area contributed by atoms with E-state index in [9.17, 15) is 9.59 Å². The van der Waals surface area contributed by atoms with Gasteiger partial charge in [-0.15, -0.1) is 12.4 Å². The summed E-state index contributed by atoms with van der Waals surface area (Å²) >= 11 is 0. The number of nitrogens with one attached hydrogen (secondary N) is 2. The monoisotopic (exact) mass is 445 g/mol. The molecule has 0 saturated heterocycles. The van der Waals surface area contributed by atoms with Crippen LogP contribution in [0.15, 0.2) is 42.5 Å². The van der Waals surface area contributed by atoms with Gasteiger partial charge in [-0.05, 0) is 49.1 Å². The van der Waals surface area contributed by atoms with Crippen molar-refractivity contribution >= 4 is 35.8 Å². The predicted octanol–water partition coefficient (Wildman–Crippen LogP) is 4.03. The molecule has 1 heterocycles. The molecule has 2 aromatic carbocycles. The van der Waals surface area contributed by atoms with Gasteiger partial charge in [0.25, 0.3) is 5.91 Å². The number of hydrogen-bond acceptors (Lipinski definition) is 5. The number of rotatable bonds is 6.